The molecular weight excluding hydrogens is 136 g/mol. The quantitative estimate of drug-likeness (QED) is 0.366. The van der Waals surface area contributed by atoms with Gasteiger partial charge in [-0.05, 0) is 12.8 Å². The summed E-state index contributed by atoms with van der Waals surface area (Å²) in [5.74, 6) is 4.16. The largest absolute Gasteiger partial charge is 0.140 e. The molecule has 1 saturated carbocycles. The van der Waals surface area contributed by atoms with E-state index in [1.54, 1.807) is 0 Å². The Morgan fingerprint density at radius 2 is 1.90 bits per heavy atom. The Labute approximate surface area is 66.2 Å². The van der Waals surface area contributed by atoms with Crippen molar-refractivity contribution in [3.8, 4) is 11.5 Å². The highest BCUT2D eigenvalue weighted by atomic mass is 28.2. The molecule has 56 valence electrons. The number of hydrogen-bond acceptors (Lipinski definition) is 0. The maximum absolute atomic E-state index is 3.38. The Morgan fingerprint density at radius 3 is 2.50 bits per heavy atom. The molecule has 0 heterocycles. The molecule has 1 aliphatic carbocycles. The maximum Gasteiger partial charge on any atom is 0.104 e. The van der Waals surface area contributed by atoms with Crippen molar-refractivity contribution in [2.24, 2.45) is 5.92 Å². The molecule has 0 unspecified atom stereocenters. The molecule has 1 fully saturated rings. The lowest BCUT2D eigenvalue weighted by molar-refractivity contribution is 0.430. The molecule has 0 saturated heterocycles. The summed E-state index contributed by atoms with van der Waals surface area (Å²) in [7, 11) is 0.00788. The highest BCUT2D eigenvalue weighted by molar-refractivity contribution is 6.44. The maximum atomic E-state index is 3.38. The van der Waals surface area contributed by atoms with Gasteiger partial charge in [0.2, 0.25) is 0 Å². The fraction of sp³-hybridized carbons (Fsp3) is 0.778. The van der Waals surface area contributed by atoms with Crippen LogP contribution in [-0.4, -0.2) is 9.52 Å². The van der Waals surface area contributed by atoms with Crippen molar-refractivity contribution in [1.82, 2.24) is 0 Å². The zero-order valence-corrected chi connectivity index (χ0v) is 8.23. The van der Waals surface area contributed by atoms with Gasteiger partial charge in [-0.2, -0.15) is 0 Å². The molecule has 0 N–H and O–H groups in total. The van der Waals surface area contributed by atoms with Crippen molar-refractivity contribution in [3.05, 3.63) is 0 Å². The SMILES string of the molecule is C[SiH2]C#CC1CCCCC1. The molecule has 0 aliphatic heterocycles. The van der Waals surface area contributed by atoms with Crippen molar-refractivity contribution >= 4 is 9.52 Å². The van der Waals surface area contributed by atoms with Gasteiger partial charge in [-0.15, -0.1) is 11.5 Å². The van der Waals surface area contributed by atoms with Crippen molar-refractivity contribution in [3.63, 3.8) is 0 Å². The van der Waals surface area contributed by atoms with E-state index in [0.29, 0.717) is 0 Å². The molecule has 0 amide bonds. The first kappa shape index (κ1) is 7.88. The van der Waals surface area contributed by atoms with E-state index in [-0.39, 0.29) is 9.52 Å². The summed E-state index contributed by atoms with van der Waals surface area (Å²) in [6.45, 7) is 2.26. The average Bonchev–Trinajstić information content (AvgIpc) is 2.03. The van der Waals surface area contributed by atoms with E-state index < -0.39 is 0 Å². The summed E-state index contributed by atoms with van der Waals surface area (Å²) in [6.07, 6.45) is 7.04. The fourth-order valence-electron chi connectivity index (χ4n) is 1.49. The third-order valence-electron chi connectivity index (χ3n) is 2.09. The van der Waals surface area contributed by atoms with E-state index in [1.165, 1.54) is 32.1 Å². The molecule has 0 atom stereocenters. The van der Waals surface area contributed by atoms with E-state index in [2.05, 4.69) is 18.0 Å². The van der Waals surface area contributed by atoms with Gasteiger partial charge in [-0.25, -0.2) is 0 Å². The Morgan fingerprint density at radius 1 is 1.20 bits per heavy atom. The Kier molecular flexibility index (Phi) is 3.60. The van der Waals surface area contributed by atoms with Crippen LogP contribution < -0.4 is 0 Å². The van der Waals surface area contributed by atoms with Crippen LogP contribution in [0.3, 0.4) is 0 Å². The normalized spacial score (nSPS) is 20.9. The van der Waals surface area contributed by atoms with Gasteiger partial charge in [0, 0.05) is 5.92 Å². The standard InChI is InChI=1S/C9H16Si/c1-10-8-7-9-5-3-2-4-6-9/h9H,2-6,10H2,1H3. The highest BCUT2D eigenvalue weighted by Gasteiger charge is 2.09. The molecule has 0 bridgehead atoms. The third kappa shape index (κ3) is 2.58. The van der Waals surface area contributed by atoms with Crippen LogP contribution in [0.1, 0.15) is 32.1 Å². The van der Waals surface area contributed by atoms with Crippen LogP contribution in [0.15, 0.2) is 0 Å². The van der Waals surface area contributed by atoms with Gasteiger partial charge in [0.1, 0.15) is 9.52 Å². The summed E-state index contributed by atoms with van der Waals surface area (Å²) in [6, 6.07) is 0. The van der Waals surface area contributed by atoms with E-state index in [0.717, 1.165) is 5.92 Å². The number of hydrogen-bond donors (Lipinski definition) is 0. The molecule has 1 heteroatoms. The third-order valence-corrected chi connectivity index (χ3v) is 2.65. The topological polar surface area (TPSA) is 0 Å². The van der Waals surface area contributed by atoms with Crippen molar-refractivity contribution in [2.45, 2.75) is 38.7 Å². The molecule has 1 rings (SSSR count). The summed E-state index contributed by atoms with van der Waals surface area (Å²) in [4.78, 5) is 0. The summed E-state index contributed by atoms with van der Waals surface area (Å²) in [5, 5.41) is 0. The van der Waals surface area contributed by atoms with Crippen molar-refractivity contribution in [2.75, 3.05) is 0 Å². The van der Waals surface area contributed by atoms with Gasteiger partial charge in [0.05, 0.1) is 0 Å². The van der Waals surface area contributed by atoms with Gasteiger partial charge in [0.25, 0.3) is 0 Å². The van der Waals surface area contributed by atoms with Crippen LogP contribution in [-0.2, 0) is 0 Å². The molecule has 0 aromatic carbocycles. The molecule has 10 heavy (non-hydrogen) atoms. The second kappa shape index (κ2) is 4.57. The van der Waals surface area contributed by atoms with E-state index in [4.69, 9.17) is 0 Å². The van der Waals surface area contributed by atoms with Gasteiger partial charge in [-0.3, -0.25) is 0 Å². The zero-order valence-electron chi connectivity index (χ0n) is 6.82. The highest BCUT2D eigenvalue weighted by Crippen LogP contribution is 2.22. The zero-order chi connectivity index (χ0) is 7.23. The van der Waals surface area contributed by atoms with E-state index >= 15 is 0 Å². The predicted molar refractivity (Wildman–Crippen MR) is 48.8 cm³/mol. The molecule has 0 spiro atoms. The first-order valence-corrected chi connectivity index (χ1v) is 6.54. The average molecular weight is 152 g/mol. The smallest absolute Gasteiger partial charge is 0.104 e. The minimum absolute atomic E-state index is 0.00788. The Hall–Kier alpha value is -0.223. The molecule has 1 aliphatic rings. The monoisotopic (exact) mass is 152 g/mol. The van der Waals surface area contributed by atoms with Crippen LogP contribution in [0.2, 0.25) is 6.55 Å². The van der Waals surface area contributed by atoms with Crippen LogP contribution in [0, 0.1) is 17.4 Å². The van der Waals surface area contributed by atoms with E-state index in [9.17, 15) is 0 Å². The summed E-state index contributed by atoms with van der Waals surface area (Å²) >= 11 is 0. The van der Waals surface area contributed by atoms with Gasteiger partial charge in [0.15, 0.2) is 0 Å². The fourth-order valence-corrected chi connectivity index (χ4v) is 1.99. The predicted octanol–water partition coefficient (Wildman–Crippen LogP) is 1.74. The van der Waals surface area contributed by atoms with Crippen molar-refractivity contribution < 1.29 is 0 Å². The van der Waals surface area contributed by atoms with Crippen molar-refractivity contribution in [1.29, 1.82) is 0 Å². The lowest BCUT2D eigenvalue weighted by atomic mass is 9.90. The van der Waals surface area contributed by atoms with Gasteiger partial charge >= 0.3 is 0 Å². The van der Waals surface area contributed by atoms with Crippen LogP contribution in [0.25, 0.3) is 0 Å². The summed E-state index contributed by atoms with van der Waals surface area (Å²) < 4.78 is 0. The molecule has 0 aromatic rings. The second-order valence-electron chi connectivity index (χ2n) is 3.01. The first-order valence-electron chi connectivity index (χ1n) is 4.42. The van der Waals surface area contributed by atoms with Crippen LogP contribution >= 0.6 is 0 Å². The minimum atomic E-state index is 0.00788. The first-order chi connectivity index (χ1) is 4.93. The molecule has 0 radical (unpaired) electrons. The van der Waals surface area contributed by atoms with Gasteiger partial charge < -0.3 is 0 Å². The molecule has 0 aromatic heterocycles. The minimum Gasteiger partial charge on any atom is -0.140 e. The number of rotatable bonds is 0. The van der Waals surface area contributed by atoms with Gasteiger partial charge in [-0.1, -0.05) is 25.8 Å². The summed E-state index contributed by atoms with van der Waals surface area (Å²) in [5.41, 5.74) is 3.31. The van der Waals surface area contributed by atoms with E-state index in [1.807, 2.05) is 0 Å². The lowest BCUT2D eigenvalue weighted by Crippen LogP contribution is -2.03. The second-order valence-corrected chi connectivity index (χ2v) is 4.07. The lowest BCUT2D eigenvalue weighted by Gasteiger charge is -2.15. The Bertz CT molecular complexity index is 135. The van der Waals surface area contributed by atoms with Crippen LogP contribution in [0.4, 0.5) is 0 Å². The molecular formula is C9H16Si. The molecule has 0 nitrogen and oxygen atoms in total. The Balaban J connectivity index is 2.25. The van der Waals surface area contributed by atoms with Crippen LogP contribution in [0.5, 0.6) is 0 Å².